The minimum Gasteiger partial charge on any atom is -0.490 e. The van der Waals surface area contributed by atoms with E-state index in [4.69, 9.17) is 4.74 Å². The maximum Gasteiger partial charge on any atom is 0.251 e. The molecule has 2 N–H and O–H groups in total. The molecule has 0 atom stereocenters. The highest BCUT2D eigenvalue weighted by Gasteiger charge is 2.20. The van der Waals surface area contributed by atoms with Crippen molar-refractivity contribution in [1.82, 2.24) is 5.32 Å². The SMILES string of the molecule is Cc1cc(-c2cc(C(=O)NCCCCCCCCc3ccccc3)cc(-c3ccc(F)c(C)c3)c2OCCO)ccc1F. The Labute approximate surface area is 253 Å². The Bertz CT molecular complexity index is 1430. The number of benzene rings is 4. The third-order valence-corrected chi connectivity index (χ3v) is 7.65. The summed E-state index contributed by atoms with van der Waals surface area (Å²) in [6.07, 6.45) is 7.73. The second-order valence-electron chi connectivity index (χ2n) is 11.0. The van der Waals surface area contributed by atoms with Crippen molar-refractivity contribution < 1.29 is 23.4 Å². The summed E-state index contributed by atoms with van der Waals surface area (Å²) in [7, 11) is 0. The Hall–Kier alpha value is -4.03. The quantitative estimate of drug-likeness (QED) is 0.137. The van der Waals surface area contributed by atoms with Gasteiger partial charge in [-0.25, -0.2) is 8.78 Å². The van der Waals surface area contributed by atoms with E-state index in [2.05, 4.69) is 29.6 Å². The molecule has 0 bridgehead atoms. The van der Waals surface area contributed by atoms with Crippen LogP contribution in [0.5, 0.6) is 5.75 Å². The Balaban J connectivity index is 1.47. The molecule has 43 heavy (non-hydrogen) atoms. The molecule has 226 valence electrons. The minimum atomic E-state index is -0.332. The molecule has 0 spiro atoms. The van der Waals surface area contributed by atoms with Gasteiger partial charge < -0.3 is 15.2 Å². The number of carbonyl (C=O) groups is 1. The van der Waals surface area contributed by atoms with Crippen LogP contribution in [0.2, 0.25) is 0 Å². The van der Waals surface area contributed by atoms with E-state index in [9.17, 15) is 18.7 Å². The monoisotopic (exact) mass is 585 g/mol. The second-order valence-corrected chi connectivity index (χ2v) is 11.0. The molecule has 0 fully saturated rings. The maximum atomic E-state index is 14.1. The van der Waals surface area contributed by atoms with E-state index in [1.807, 2.05) is 6.07 Å². The number of aliphatic hydroxyl groups is 1. The summed E-state index contributed by atoms with van der Waals surface area (Å²) in [6.45, 7) is 3.73. The van der Waals surface area contributed by atoms with Crippen LogP contribution >= 0.6 is 0 Å². The van der Waals surface area contributed by atoms with Gasteiger partial charge in [-0.15, -0.1) is 0 Å². The average Bonchev–Trinajstić information content (AvgIpc) is 3.02. The molecule has 1 amide bonds. The van der Waals surface area contributed by atoms with E-state index in [1.165, 1.54) is 37.0 Å². The van der Waals surface area contributed by atoms with E-state index in [-0.39, 0.29) is 30.8 Å². The molecule has 0 aromatic heterocycles. The van der Waals surface area contributed by atoms with Gasteiger partial charge in [0.2, 0.25) is 0 Å². The number of amides is 1. The molecule has 0 saturated heterocycles. The van der Waals surface area contributed by atoms with Crippen molar-refractivity contribution in [3.05, 3.63) is 113 Å². The van der Waals surface area contributed by atoms with E-state index < -0.39 is 0 Å². The number of aryl methyl sites for hydroxylation is 3. The van der Waals surface area contributed by atoms with Crippen molar-refractivity contribution >= 4 is 5.91 Å². The topological polar surface area (TPSA) is 58.6 Å². The third kappa shape index (κ3) is 8.98. The van der Waals surface area contributed by atoms with Crippen molar-refractivity contribution in [1.29, 1.82) is 0 Å². The predicted molar refractivity (Wildman–Crippen MR) is 169 cm³/mol. The lowest BCUT2D eigenvalue weighted by Gasteiger charge is -2.19. The molecule has 0 aliphatic carbocycles. The van der Waals surface area contributed by atoms with Crippen LogP contribution < -0.4 is 10.1 Å². The minimum absolute atomic E-state index is 0.0259. The smallest absolute Gasteiger partial charge is 0.251 e. The van der Waals surface area contributed by atoms with Crippen LogP contribution in [0, 0.1) is 25.5 Å². The predicted octanol–water partition coefficient (Wildman–Crippen LogP) is 8.60. The van der Waals surface area contributed by atoms with Gasteiger partial charge in [0, 0.05) is 23.2 Å². The Morgan fingerprint density at radius 2 is 1.30 bits per heavy atom. The normalized spacial score (nSPS) is 11.0. The number of aliphatic hydroxyl groups excluding tert-OH is 1. The standard InChI is InChI=1S/C37H41F2NO3/c1-26-22-29(15-17-34(26)38)32-24-31(25-33(36(32)43-21-20-41)30-16-18-35(39)27(2)23-30)37(42)40-19-11-6-4-3-5-8-12-28-13-9-7-10-14-28/h7,9-10,13-18,22-25,41H,3-6,8,11-12,19-21H2,1-2H3,(H,40,42). The summed E-state index contributed by atoms with van der Waals surface area (Å²) in [5.41, 5.74) is 5.26. The fraction of sp³-hybridized carbons (Fsp3) is 0.324. The van der Waals surface area contributed by atoms with Crippen LogP contribution in [-0.2, 0) is 6.42 Å². The molecular formula is C37H41F2NO3. The van der Waals surface area contributed by atoms with Gasteiger partial charge in [0.15, 0.2) is 0 Å². The average molecular weight is 586 g/mol. The van der Waals surface area contributed by atoms with Gasteiger partial charge >= 0.3 is 0 Å². The lowest BCUT2D eigenvalue weighted by molar-refractivity contribution is 0.0953. The summed E-state index contributed by atoms with van der Waals surface area (Å²) >= 11 is 0. The number of unbranched alkanes of at least 4 members (excludes halogenated alkanes) is 5. The second kappa shape index (κ2) is 16.0. The summed E-state index contributed by atoms with van der Waals surface area (Å²) < 4.78 is 34.3. The molecule has 0 heterocycles. The van der Waals surface area contributed by atoms with Crippen LogP contribution in [0.4, 0.5) is 8.78 Å². The first-order valence-electron chi connectivity index (χ1n) is 15.1. The number of halogens is 2. The molecule has 0 saturated carbocycles. The van der Waals surface area contributed by atoms with E-state index in [0.717, 1.165) is 25.7 Å². The van der Waals surface area contributed by atoms with Gasteiger partial charge in [-0.3, -0.25) is 4.79 Å². The first-order chi connectivity index (χ1) is 20.9. The number of hydrogen-bond donors (Lipinski definition) is 2. The zero-order valence-corrected chi connectivity index (χ0v) is 25.1. The molecule has 0 radical (unpaired) electrons. The zero-order valence-electron chi connectivity index (χ0n) is 25.1. The van der Waals surface area contributed by atoms with E-state index in [0.29, 0.717) is 51.2 Å². The fourth-order valence-electron chi connectivity index (χ4n) is 5.23. The first-order valence-corrected chi connectivity index (χ1v) is 15.1. The first kappa shape index (κ1) is 31.9. The van der Waals surface area contributed by atoms with Gasteiger partial charge in [0.1, 0.15) is 24.0 Å². The lowest BCUT2D eigenvalue weighted by Crippen LogP contribution is -2.24. The van der Waals surface area contributed by atoms with Crippen LogP contribution in [-0.4, -0.2) is 30.8 Å². The van der Waals surface area contributed by atoms with Crippen LogP contribution in [0.15, 0.2) is 78.9 Å². The zero-order chi connectivity index (χ0) is 30.6. The van der Waals surface area contributed by atoms with E-state index in [1.54, 1.807) is 50.2 Å². The van der Waals surface area contributed by atoms with Crippen molar-refractivity contribution in [2.75, 3.05) is 19.8 Å². The highest BCUT2D eigenvalue weighted by Crippen LogP contribution is 2.41. The molecule has 4 rings (SSSR count). The molecule has 0 aliphatic heterocycles. The molecule has 4 aromatic rings. The molecule has 4 aromatic carbocycles. The number of hydrogen-bond acceptors (Lipinski definition) is 3. The van der Waals surface area contributed by atoms with Gasteiger partial charge in [-0.1, -0.05) is 68.1 Å². The summed E-state index contributed by atoms with van der Waals surface area (Å²) in [5, 5.41) is 12.6. The lowest BCUT2D eigenvalue weighted by atomic mass is 9.92. The fourth-order valence-corrected chi connectivity index (χ4v) is 5.23. The van der Waals surface area contributed by atoms with Crippen molar-refractivity contribution in [3.8, 4) is 28.0 Å². The number of nitrogens with one attached hydrogen (secondary N) is 1. The number of ether oxygens (including phenoxy) is 1. The molecule has 4 nitrogen and oxygen atoms in total. The summed E-state index contributed by atoms with van der Waals surface area (Å²) in [6, 6.07) is 23.5. The maximum absolute atomic E-state index is 14.1. The van der Waals surface area contributed by atoms with Crippen LogP contribution in [0.1, 0.15) is 65.6 Å². The molecule has 0 aliphatic rings. The van der Waals surface area contributed by atoms with Crippen molar-refractivity contribution in [2.24, 2.45) is 0 Å². The van der Waals surface area contributed by atoms with Gasteiger partial charge in [-0.05, 0) is 97.3 Å². The third-order valence-electron chi connectivity index (χ3n) is 7.65. The summed E-state index contributed by atoms with van der Waals surface area (Å²) in [5.74, 6) is -0.450. The number of carbonyl (C=O) groups excluding carboxylic acids is 1. The van der Waals surface area contributed by atoms with Crippen LogP contribution in [0.3, 0.4) is 0 Å². The van der Waals surface area contributed by atoms with Gasteiger partial charge in [0.25, 0.3) is 5.91 Å². The Kier molecular flexibility index (Phi) is 11.9. The van der Waals surface area contributed by atoms with Crippen molar-refractivity contribution in [2.45, 2.75) is 58.8 Å². The van der Waals surface area contributed by atoms with Crippen molar-refractivity contribution in [3.63, 3.8) is 0 Å². The summed E-state index contributed by atoms with van der Waals surface area (Å²) in [4.78, 5) is 13.4. The van der Waals surface area contributed by atoms with Gasteiger partial charge in [0.05, 0.1) is 6.61 Å². The molecule has 0 unspecified atom stereocenters. The molecular weight excluding hydrogens is 544 g/mol. The Morgan fingerprint density at radius 3 is 1.86 bits per heavy atom. The highest BCUT2D eigenvalue weighted by atomic mass is 19.1. The Morgan fingerprint density at radius 1 is 0.744 bits per heavy atom. The van der Waals surface area contributed by atoms with Crippen LogP contribution in [0.25, 0.3) is 22.3 Å². The highest BCUT2D eigenvalue weighted by molar-refractivity contribution is 5.99. The van der Waals surface area contributed by atoms with Gasteiger partial charge in [-0.2, -0.15) is 0 Å². The number of rotatable bonds is 15. The van der Waals surface area contributed by atoms with E-state index >= 15 is 0 Å². The largest absolute Gasteiger partial charge is 0.490 e. The molecule has 6 heteroatoms.